The minimum atomic E-state index is -0.0377. The van der Waals surface area contributed by atoms with E-state index < -0.39 is 0 Å². The van der Waals surface area contributed by atoms with Crippen molar-refractivity contribution in [1.29, 1.82) is 0 Å². The van der Waals surface area contributed by atoms with Gasteiger partial charge < -0.3 is 10.6 Å². The van der Waals surface area contributed by atoms with Crippen LogP contribution in [0.5, 0.6) is 0 Å². The van der Waals surface area contributed by atoms with E-state index in [1.54, 1.807) is 4.90 Å². The molecule has 2 N–H and O–H groups in total. The fourth-order valence-corrected chi connectivity index (χ4v) is 2.51. The lowest BCUT2D eigenvalue weighted by molar-refractivity contribution is 0.0758. The highest BCUT2D eigenvalue weighted by Crippen LogP contribution is 2.21. The Morgan fingerprint density at radius 2 is 2.11 bits per heavy atom. The summed E-state index contributed by atoms with van der Waals surface area (Å²) in [5.41, 5.74) is 6.37. The molecule has 1 heterocycles. The van der Waals surface area contributed by atoms with Crippen molar-refractivity contribution in [3.63, 3.8) is 0 Å². The van der Waals surface area contributed by atoms with Crippen molar-refractivity contribution < 1.29 is 4.79 Å². The Hall–Kier alpha value is -1.08. The Morgan fingerprint density at radius 3 is 2.58 bits per heavy atom. The summed E-state index contributed by atoms with van der Waals surface area (Å²) >= 11 is 6.10. The SMILES string of the molecule is CCN(CC(C)C(N)=S)C(=O)c1snnc1C(C)C. The molecule has 1 unspecified atom stereocenters. The van der Waals surface area contributed by atoms with E-state index in [0.717, 1.165) is 17.2 Å². The molecule has 0 fully saturated rings. The Bertz CT molecular complexity index is 458. The van der Waals surface area contributed by atoms with Crippen LogP contribution >= 0.6 is 23.8 Å². The molecule has 0 aliphatic rings. The molecule has 0 saturated heterocycles. The third kappa shape index (κ3) is 3.94. The van der Waals surface area contributed by atoms with E-state index in [9.17, 15) is 4.79 Å². The molecule has 0 bridgehead atoms. The molecule has 1 atom stereocenters. The molecular formula is C12H20N4OS2. The van der Waals surface area contributed by atoms with Gasteiger partial charge in [0.05, 0.1) is 10.7 Å². The number of thiocarbonyl (C=S) groups is 1. The van der Waals surface area contributed by atoms with Gasteiger partial charge in [-0.05, 0) is 24.4 Å². The van der Waals surface area contributed by atoms with Gasteiger partial charge in [0, 0.05) is 19.0 Å². The molecule has 0 saturated carbocycles. The molecule has 0 spiro atoms. The highest BCUT2D eigenvalue weighted by atomic mass is 32.1. The summed E-state index contributed by atoms with van der Waals surface area (Å²) < 4.78 is 3.89. The molecule has 0 radical (unpaired) electrons. The third-order valence-electron chi connectivity index (χ3n) is 2.90. The van der Waals surface area contributed by atoms with Crippen LogP contribution in [-0.4, -0.2) is 38.5 Å². The highest BCUT2D eigenvalue weighted by molar-refractivity contribution is 7.80. The van der Waals surface area contributed by atoms with Crippen LogP contribution in [0.1, 0.15) is 49.0 Å². The van der Waals surface area contributed by atoms with Crippen LogP contribution in [0.25, 0.3) is 0 Å². The zero-order chi connectivity index (χ0) is 14.6. The second-order valence-corrected chi connectivity index (χ2v) is 6.01. The summed E-state index contributed by atoms with van der Waals surface area (Å²) in [4.78, 5) is 15.3. The molecule has 7 heteroatoms. The predicted molar refractivity (Wildman–Crippen MR) is 81.5 cm³/mol. The molecular weight excluding hydrogens is 280 g/mol. The minimum absolute atomic E-state index is 0.00211. The van der Waals surface area contributed by atoms with Crippen molar-refractivity contribution in [2.45, 2.75) is 33.6 Å². The summed E-state index contributed by atoms with van der Waals surface area (Å²) in [5, 5.41) is 4.04. The zero-order valence-corrected chi connectivity index (χ0v) is 13.3. The summed E-state index contributed by atoms with van der Waals surface area (Å²) in [6, 6.07) is 0. The lowest BCUT2D eigenvalue weighted by Gasteiger charge is -2.23. The quantitative estimate of drug-likeness (QED) is 0.814. The molecule has 19 heavy (non-hydrogen) atoms. The lowest BCUT2D eigenvalue weighted by atomic mass is 10.1. The van der Waals surface area contributed by atoms with Crippen LogP contribution in [0.2, 0.25) is 0 Å². The molecule has 0 aliphatic carbocycles. The van der Waals surface area contributed by atoms with Gasteiger partial charge in [-0.25, -0.2) is 0 Å². The molecule has 0 aliphatic heterocycles. The number of rotatable bonds is 6. The standard InChI is InChI=1S/C12H20N4OS2/c1-5-16(6-8(4)11(13)18)12(17)10-9(7(2)3)14-15-19-10/h7-8H,5-6H2,1-4H3,(H2,13,18). The third-order valence-corrected chi connectivity index (χ3v) is 4.04. The average Bonchev–Trinajstić information content (AvgIpc) is 2.83. The van der Waals surface area contributed by atoms with Crippen LogP contribution in [0.4, 0.5) is 0 Å². The number of hydrogen-bond acceptors (Lipinski definition) is 5. The number of carbonyl (C=O) groups excluding carboxylic acids is 1. The first kappa shape index (κ1) is 16.0. The molecule has 1 amide bonds. The number of amides is 1. The van der Waals surface area contributed by atoms with Gasteiger partial charge in [-0.2, -0.15) is 0 Å². The van der Waals surface area contributed by atoms with Crippen LogP contribution in [0, 0.1) is 5.92 Å². The van der Waals surface area contributed by atoms with Crippen molar-refractivity contribution >= 4 is 34.6 Å². The van der Waals surface area contributed by atoms with Gasteiger partial charge in [0.2, 0.25) is 0 Å². The monoisotopic (exact) mass is 300 g/mol. The van der Waals surface area contributed by atoms with Gasteiger partial charge in [-0.1, -0.05) is 37.5 Å². The normalized spacial score (nSPS) is 12.5. The summed E-state index contributed by atoms with van der Waals surface area (Å²) in [5.74, 6) is 0.149. The van der Waals surface area contributed by atoms with Gasteiger partial charge in [-0.15, -0.1) is 5.10 Å². The van der Waals surface area contributed by atoms with E-state index in [-0.39, 0.29) is 17.7 Å². The van der Waals surface area contributed by atoms with E-state index >= 15 is 0 Å². The fourth-order valence-electron chi connectivity index (χ4n) is 1.64. The van der Waals surface area contributed by atoms with Gasteiger partial charge >= 0.3 is 0 Å². The van der Waals surface area contributed by atoms with E-state index in [4.69, 9.17) is 18.0 Å². The highest BCUT2D eigenvalue weighted by Gasteiger charge is 2.24. The van der Waals surface area contributed by atoms with Crippen LogP contribution in [-0.2, 0) is 0 Å². The largest absolute Gasteiger partial charge is 0.393 e. The van der Waals surface area contributed by atoms with Crippen molar-refractivity contribution in [2.24, 2.45) is 11.7 Å². The number of nitrogens with zero attached hydrogens (tertiary/aromatic N) is 3. The summed E-state index contributed by atoms with van der Waals surface area (Å²) in [6.07, 6.45) is 0. The minimum Gasteiger partial charge on any atom is -0.393 e. The van der Waals surface area contributed by atoms with Gasteiger partial charge in [0.1, 0.15) is 4.88 Å². The Kier molecular flexibility index (Phi) is 5.81. The number of nitrogens with two attached hydrogens (primary N) is 1. The van der Waals surface area contributed by atoms with Gasteiger partial charge in [0.15, 0.2) is 0 Å². The summed E-state index contributed by atoms with van der Waals surface area (Å²) in [6.45, 7) is 9.00. The number of carbonyl (C=O) groups is 1. The van der Waals surface area contributed by atoms with E-state index in [0.29, 0.717) is 23.0 Å². The van der Waals surface area contributed by atoms with E-state index in [1.165, 1.54) is 0 Å². The van der Waals surface area contributed by atoms with Crippen LogP contribution in [0.3, 0.4) is 0 Å². The number of hydrogen-bond donors (Lipinski definition) is 1. The molecule has 1 rings (SSSR count). The molecule has 1 aromatic heterocycles. The predicted octanol–water partition coefficient (Wildman–Crippen LogP) is 2.05. The Balaban J connectivity index is 2.89. The second-order valence-electron chi connectivity index (χ2n) is 4.79. The molecule has 106 valence electrons. The van der Waals surface area contributed by atoms with E-state index in [2.05, 4.69) is 9.59 Å². The Morgan fingerprint density at radius 1 is 1.47 bits per heavy atom. The fraction of sp³-hybridized carbons (Fsp3) is 0.667. The van der Waals surface area contributed by atoms with Gasteiger partial charge in [-0.3, -0.25) is 4.79 Å². The van der Waals surface area contributed by atoms with Gasteiger partial charge in [0.25, 0.3) is 5.91 Å². The van der Waals surface area contributed by atoms with Crippen LogP contribution < -0.4 is 5.73 Å². The first-order valence-electron chi connectivity index (χ1n) is 6.29. The average molecular weight is 300 g/mol. The molecule has 5 nitrogen and oxygen atoms in total. The van der Waals surface area contributed by atoms with Crippen molar-refractivity contribution in [2.75, 3.05) is 13.1 Å². The topological polar surface area (TPSA) is 72.1 Å². The van der Waals surface area contributed by atoms with Crippen molar-refractivity contribution in [3.05, 3.63) is 10.6 Å². The maximum Gasteiger partial charge on any atom is 0.267 e. The smallest absolute Gasteiger partial charge is 0.267 e. The summed E-state index contributed by atoms with van der Waals surface area (Å²) in [7, 11) is 0. The maximum absolute atomic E-state index is 12.5. The first-order chi connectivity index (χ1) is 8.88. The van der Waals surface area contributed by atoms with Crippen molar-refractivity contribution in [1.82, 2.24) is 14.5 Å². The number of aromatic nitrogens is 2. The van der Waals surface area contributed by atoms with Crippen LogP contribution in [0.15, 0.2) is 0 Å². The Labute approximate surface area is 123 Å². The zero-order valence-electron chi connectivity index (χ0n) is 11.7. The van der Waals surface area contributed by atoms with E-state index in [1.807, 2.05) is 27.7 Å². The molecule has 1 aromatic rings. The lowest BCUT2D eigenvalue weighted by Crippen LogP contribution is -2.38. The molecule has 0 aromatic carbocycles. The van der Waals surface area contributed by atoms with Crippen molar-refractivity contribution in [3.8, 4) is 0 Å². The first-order valence-corrected chi connectivity index (χ1v) is 7.47. The second kappa shape index (κ2) is 6.91. The maximum atomic E-state index is 12.5.